The lowest BCUT2D eigenvalue weighted by atomic mass is 10.2. The van der Waals surface area contributed by atoms with Gasteiger partial charge in [0.1, 0.15) is 5.75 Å². The number of aromatic nitrogens is 2. The lowest BCUT2D eigenvalue weighted by Crippen LogP contribution is -2.31. The molecule has 0 radical (unpaired) electrons. The fourth-order valence-electron chi connectivity index (χ4n) is 3.53. The van der Waals surface area contributed by atoms with Crippen LogP contribution in [0.4, 0.5) is 11.6 Å². The standard InChI is InChI=1S/C23H23N5O3/c1-3-21(29)25-17-6-4-15(5-7-17)22(30)28-11-10-18(14-28)26-23-24-13-16-12-19(31-2)8-9-20(16)27-23/h3-9,12-13,18H,1,10-11,14H2,2H3,(H,25,29)(H,24,26,27)/t18-/m1/s1. The van der Waals surface area contributed by atoms with Gasteiger partial charge in [0, 0.05) is 42.0 Å². The monoisotopic (exact) mass is 417 g/mol. The number of hydrogen-bond donors (Lipinski definition) is 2. The van der Waals surface area contributed by atoms with Crippen LogP contribution >= 0.6 is 0 Å². The summed E-state index contributed by atoms with van der Waals surface area (Å²) in [4.78, 5) is 34.9. The molecule has 3 aromatic rings. The number of carbonyl (C=O) groups is 2. The van der Waals surface area contributed by atoms with Crippen LogP contribution in [0.3, 0.4) is 0 Å². The summed E-state index contributed by atoms with van der Waals surface area (Å²) >= 11 is 0. The van der Waals surface area contributed by atoms with E-state index in [2.05, 4.69) is 27.2 Å². The quantitative estimate of drug-likeness (QED) is 0.599. The lowest BCUT2D eigenvalue weighted by molar-refractivity contribution is -0.111. The third kappa shape index (κ3) is 4.63. The SMILES string of the molecule is C=CC(=O)Nc1ccc(C(=O)N2CC[C@@H](Nc3ncc4cc(OC)ccc4n3)C2)cc1. The fourth-order valence-corrected chi connectivity index (χ4v) is 3.53. The number of likely N-dealkylation sites (tertiary alicyclic amines) is 1. The Hall–Kier alpha value is -3.94. The predicted molar refractivity (Wildman–Crippen MR) is 119 cm³/mol. The molecule has 0 bridgehead atoms. The Bertz CT molecular complexity index is 1130. The average molecular weight is 417 g/mol. The molecule has 4 rings (SSSR count). The number of anilines is 2. The van der Waals surface area contributed by atoms with Gasteiger partial charge < -0.3 is 20.3 Å². The van der Waals surface area contributed by atoms with Crippen molar-refractivity contribution in [3.05, 3.63) is 66.9 Å². The molecule has 0 unspecified atom stereocenters. The number of amides is 2. The Morgan fingerprint density at radius 3 is 2.77 bits per heavy atom. The van der Waals surface area contributed by atoms with Crippen molar-refractivity contribution in [2.75, 3.05) is 30.8 Å². The van der Waals surface area contributed by atoms with Crippen molar-refractivity contribution in [2.24, 2.45) is 0 Å². The zero-order valence-corrected chi connectivity index (χ0v) is 17.2. The molecule has 1 atom stereocenters. The molecule has 0 aliphatic carbocycles. The van der Waals surface area contributed by atoms with E-state index in [1.165, 1.54) is 6.08 Å². The van der Waals surface area contributed by atoms with E-state index in [0.717, 1.165) is 23.1 Å². The Kier molecular flexibility index (Phi) is 5.79. The molecule has 1 aromatic heterocycles. The minimum absolute atomic E-state index is 0.0441. The van der Waals surface area contributed by atoms with Crippen LogP contribution in [-0.2, 0) is 4.79 Å². The topological polar surface area (TPSA) is 96.5 Å². The molecule has 8 heteroatoms. The van der Waals surface area contributed by atoms with Crippen LogP contribution in [-0.4, -0.2) is 52.9 Å². The molecule has 2 amide bonds. The smallest absolute Gasteiger partial charge is 0.253 e. The van der Waals surface area contributed by atoms with E-state index in [9.17, 15) is 9.59 Å². The highest BCUT2D eigenvalue weighted by atomic mass is 16.5. The first-order valence-corrected chi connectivity index (χ1v) is 9.96. The second-order valence-corrected chi connectivity index (χ2v) is 7.27. The van der Waals surface area contributed by atoms with Gasteiger partial charge in [-0.2, -0.15) is 0 Å². The molecule has 1 fully saturated rings. The number of methoxy groups -OCH3 is 1. The number of hydrogen-bond acceptors (Lipinski definition) is 6. The first-order chi connectivity index (χ1) is 15.1. The maximum absolute atomic E-state index is 12.8. The Balaban J connectivity index is 1.37. The highest BCUT2D eigenvalue weighted by molar-refractivity contribution is 5.99. The Morgan fingerprint density at radius 2 is 2.03 bits per heavy atom. The van der Waals surface area contributed by atoms with Crippen LogP contribution in [0, 0.1) is 0 Å². The maximum atomic E-state index is 12.8. The van der Waals surface area contributed by atoms with Crippen molar-refractivity contribution >= 4 is 34.4 Å². The largest absolute Gasteiger partial charge is 0.497 e. The molecule has 0 spiro atoms. The van der Waals surface area contributed by atoms with E-state index in [1.807, 2.05) is 18.2 Å². The van der Waals surface area contributed by atoms with Gasteiger partial charge in [-0.15, -0.1) is 0 Å². The number of rotatable bonds is 6. The molecule has 1 aliphatic rings. The van der Waals surface area contributed by atoms with Crippen LogP contribution in [0.25, 0.3) is 10.9 Å². The van der Waals surface area contributed by atoms with Gasteiger partial charge in [0.05, 0.1) is 12.6 Å². The number of ether oxygens (including phenoxy) is 1. The number of nitrogens with one attached hydrogen (secondary N) is 2. The molecule has 158 valence electrons. The van der Waals surface area contributed by atoms with Gasteiger partial charge >= 0.3 is 0 Å². The molecule has 31 heavy (non-hydrogen) atoms. The van der Waals surface area contributed by atoms with Gasteiger partial charge in [0.2, 0.25) is 11.9 Å². The third-order valence-electron chi connectivity index (χ3n) is 5.18. The highest BCUT2D eigenvalue weighted by Gasteiger charge is 2.27. The second-order valence-electron chi connectivity index (χ2n) is 7.27. The summed E-state index contributed by atoms with van der Waals surface area (Å²) in [6.07, 6.45) is 3.77. The van der Waals surface area contributed by atoms with Gasteiger partial charge in [-0.25, -0.2) is 9.97 Å². The van der Waals surface area contributed by atoms with Crippen molar-refractivity contribution in [1.29, 1.82) is 0 Å². The molecule has 2 aromatic carbocycles. The molecule has 8 nitrogen and oxygen atoms in total. The van der Waals surface area contributed by atoms with Crippen LogP contribution in [0.5, 0.6) is 5.75 Å². The first-order valence-electron chi connectivity index (χ1n) is 9.96. The van der Waals surface area contributed by atoms with Crippen LogP contribution in [0.2, 0.25) is 0 Å². The van der Waals surface area contributed by atoms with Gasteiger partial charge in [-0.3, -0.25) is 9.59 Å². The summed E-state index contributed by atoms with van der Waals surface area (Å²) in [7, 11) is 1.63. The first kappa shape index (κ1) is 20.3. The highest BCUT2D eigenvalue weighted by Crippen LogP contribution is 2.21. The molecular formula is C23H23N5O3. The Morgan fingerprint density at radius 1 is 1.23 bits per heavy atom. The molecule has 1 saturated heterocycles. The summed E-state index contributed by atoms with van der Waals surface area (Å²) < 4.78 is 5.23. The number of benzene rings is 2. The summed E-state index contributed by atoms with van der Waals surface area (Å²) in [6.45, 7) is 4.64. The van der Waals surface area contributed by atoms with E-state index in [0.29, 0.717) is 30.3 Å². The van der Waals surface area contributed by atoms with Crippen molar-refractivity contribution in [1.82, 2.24) is 14.9 Å². The number of nitrogens with zero attached hydrogens (tertiary/aromatic N) is 3. The van der Waals surface area contributed by atoms with E-state index in [1.54, 1.807) is 42.5 Å². The van der Waals surface area contributed by atoms with E-state index >= 15 is 0 Å². The van der Waals surface area contributed by atoms with E-state index in [4.69, 9.17) is 4.74 Å². The summed E-state index contributed by atoms with van der Waals surface area (Å²) in [5, 5.41) is 6.90. The van der Waals surface area contributed by atoms with E-state index in [-0.39, 0.29) is 17.9 Å². The summed E-state index contributed by atoms with van der Waals surface area (Å²) in [5.41, 5.74) is 2.02. The van der Waals surface area contributed by atoms with Crippen LogP contribution in [0.15, 0.2) is 61.3 Å². The fraction of sp³-hybridized carbons (Fsp3) is 0.217. The average Bonchev–Trinajstić information content (AvgIpc) is 3.27. The Labute approximate surface area is 179 Å². The zero-order chi connectivity index (χ0) is 21.8. The van der Waals surface area contributed by atoms with Gasteiger partial charge in [0.15, 0.2) is 0 Å². The summed E-state index contributed by atoms with van der Waals surface area (Å²) in [6, 6.07) is 12.6. The summed E-state index contributed by atoms with van der Waals surface area (Å²) in [5.74, 6) is 0.970. The molecular weight excluding hydrogens is 394 g/mol. The molecule has 2 N–H and O–H groups in total. The second kappa shape index (κ2) is 8.83. The minimum atomic E-state index is -0.289. The third-order valence-corrected chi connectivity index (χ3v) is 5.18. The molecule has 1 aliphatic heterocycles. The van der Waals surface area contributed by atoms with Gasteiger partial charge in [-0.05, 0) is 55.0 Å². The van der Waals surface area contributed by atoms with Crippen molar-refractivity contribution < 1.29 is 14.3 Å². The van der Waals surface area contributed by atoms with E-state index < -0.39 is 0 Å². The number of fused-ring (bicyclic) bond motifs is 1. The zero-order valence-electron chi connectivity index (χ0n) is 17.2. The molecule has 2 heterocycles. The van der Waals surface area contributed by atoms with Crippen molar-refractivity contribution in [3.8, 4) is 5.75 Å². The molecule has 0 saturated carbocycles. The minimum Gasteiger partial charge on any atom is -0.497 e. The van der Waals surface area contributed by atoms with Crippen molar-refractivity contribution in [3.63, 3.8) is 0 Å². The normalized spacial score (nSPS) is 15.5. The maximum Gasteiger partial charge on any atom is 0.253 e. The lowest BCUT2D eigenvalue weighted by Gasteiger charge is -2.17. The van der Waals surface area contributed by atoms with Gasteiger partial charge in [-0.1, -0.05) is 6.58 Å². The van der Waals surface area contributed by atoms with Crippen LogP contribution in [0.1, 0.15) is 16.8 Å². The van der Waals surface area contributed by atoms with Gasteiger partial charge in [0.25, 0.3) is 5.91 Å². The van der Waals surface area contributed by atoms with Crippen molar-refractivity contribution in [2.45, 2.75) is 12.5 Å². The van der Waals surface area contributed by atoms with Crippen LogP contribution < -0.4 is 15.4 Å². The number of carbonyl (C=O) groups excluding carboxylic acids is 2. The predicted octanol–water partition coefficient (Wildman–Crippen LogP) is 3.09.